The van der Waals surface area contributed by atoms with Gasteiger partial charge in [0.05, 0.1) is 24.9 Å². The number of halogens is 2. The van der Waals surface area contributed by atoms with Crippen LogP contribution in [0.5, 0.6) is 17.2 Å². The Balaban J connectivity index is 2.21. The first-order valence-corrected chi connectivity index (χ1v) is 8.46. The van der Waals surface area contributed by atoms with Crippen LogP contribution in [0.4, 0.5) is 5.69 Å². The molecule has 0 aliphatic heterocycles. The van der Waals surface area contributed by atoms with Crippen molar-refractivity contribution in [2.75, 3.05) is 26.1 Å². The lowest BCUT2D eigenvalue weighted by atomic mass is 10.1. The van der Waals surface area contributed by atoms with Crippen molar-refractivity contribution in [3.63, 3.8) is 0 Å². The van der Waals surface area contributed by atoms with Crippen molar-refractivity contribution < 1.29 is 19.0 Å². The van der Waals surface area contributed by atoms with Crippen LogP contribution in [0.15, 0.2) is 24.3 Å². The third-order valence-electron chi connectivity index (χ3n) is 3.61. The van der Waals surface area contributed by atoms with Crippen LogP contribution in [0.1, 0.15) is 11.1 Å². The average Bonchev–Trinajstić information content (AvgIpc) is 2.60. The van der Waals surface area contributed by atoms with Crippen molar-refractivity contribution in [1.82, 2.24) is 0 Å². The molecule has 0 aromatic heterocycles. The van der Waals surface area contributed by atoms with Gasteiger partial charge < -0.3 is 25.3 Å². The molecule has 8 heteroatoms. The first-order chi connectivity index (χ1) is 12.3. The number of carbonyl (C=O) groups is 1. The van der Waals surface area contributed by atoms with Crippen molar-refractivity contribution in [3.8, 4) is 17.2 Å². The zero-order valence-corrected chi connectivity index (χ0v) is 16.2. The Bertz CT molecular complexity index is 812. The average molecular weight is 399 g/mol. The van der Waals surface area contributed by atoms with Gasteiger partial charge in [-0.3, -0.25) is 4.79 Å². The van der Waals surface area contributed by atoms with E-state index in [2.05, 4.69) is 5.32 Å². The highest BCUT2D eigenvalue weighted by Crippen LogP contribution is 2.37. The fourth-order valence-electron chi connectivity index (χ4n) is 2.33. The number of ether oxygens (including phenoxy) is 3. The maximum absolute atomic E-state index is 10.9. The van der Waals surface area contributed by atoms with Crippen LogP contribution in [0.2, 0.25) is 10.0 Å². The maximum Gasteiger partial charge on any atom is 0.255 e. The van der Waals surface area contributed by atoms with Crippen molar-refractivity contribution >= 4 is 34.8 Å². The number of benzene rings is 2. The van der Waals surface area contributed by atoms with Crippen LogP contribution in [0, 0.1) is 6.92 Å². The number of primary amides is 1. The normalized spacial score (nSPS) is 10.3. The molecule has 0 spiro atoms. The molecule has 1 amide bonds. The van der Waals surface area contributed by atoms with Crippen LogP contribution in [0.25, 0.3) is 0 Å². The van der Waals surface area contributed by atoms with Gasteiger partial charge in [-0.2, -0.15) is 0 Å². The highest BCUT2D eigenvalue weighted by Gasteiger charge is 2.14. The van der Waals surface area contributed by atoms with E-state index in [1.165, 1.54) is 7.11 Å². The molecule has 0 saturated carbocycles. The molecule has 26 heavy (non-hydrogen) atoms. The van der Waals surface area contributed by atoms with Crippen LogP contribution in [-0.4, -0.2) is 26.7 Å². The van der Waals surface area contributed by atoms with Crippen molar-refractivity contribution in [1.29, 1.82) is 0 Å². The van der Waals surface area contributed by atoms with Crippen LogP contribution < -0.4 is 25.3 Å². The second-order valence-corrected chi connectivity index (χ2v) is 6.33. The van der Waals surface area contributed by atoms with Gasteiger partial charge in [-0.15, -0.1) is 0 Å². The summed E-state index contributed by atoms with van der Waals surface area (Å²) in [6.45, 7) is 2.09. The first-order valence-electron chi connectivity index (χ1n) is 7.71. The number of rotatable bonds is 8. The molecule has 0 aliphatic carbocycles. The molecule has 0 atom stereocenters. The van der Waals surface area contributed by atoms with E-state index in [9.17, 15) is 4.79 Å². The summed E-state index contributed by atoms with van der Waals surface area (Å²) in [5.41, 5.74) is 7.68. The van der Waals surface area contributed by atoms with Gasteiger partial charge in [0.15, 0.2) is 18.1 Å². The Morgan fingerprint density at radius 1 is 1.08 bits per heavy atom. The van der Waals surface area contributed by atoms with E-state index in [1.54, 1.807) is 25.3 Å². The zero-order valence-electron chi connectivity index (χ0n) is 14.7. The minimum atomic E-state index is -0.598. The number of methoxy groups -OCH3 is 2. The van der Waals surface area contributed by atoms with Gasteiger partial charge in [-0.1, -0.05) is 23.2 Å². The number of hydrogen-bond donors (Lipinski definition) is 2. The lowest BCUT2D eigenvalue weighted by Crippen LogP contribution is -2.20. The largest absolute Gasteiger partial charge is 0.495 e. The number of anilines is 1. The summed E-state index contributed by atoms with van der Waals surface area (Å²) in [5.74, 6) is 0.727. The SMILES string of the molecule is COc1cc(Cl)c(C)cc1NCc1cc(Cl)c(OCC(N)=O)c(OC)c1. The Hall–Kier alpha value is -2.31. The van der Waals surface area contributed by atoms with E-state index < -0.39 is 5.91 Å². The number of amides is 1. The molecule has 0 fully saturated rings. The predicted molar refractivity (Wildman–Crippen MR) is 103 cm³/mol. The molecular formula is C18H20Cl2N2O4. The fraction of sp³-hybridized carbons (Fsp3) is 0.278. The Kier molecular flexibility index (Phi) is 6.83. The molecule has 0 unspecified atom stereocenters. The van der Waals surface area contributed by atoms with Gasteiger partial charge >= 0.3 is 0 Å². The van der Waals surface area contributed by atoms with Gasteiger partial charge in [0.25, 0.3) is 5.91 Å². The molecule has 2 aromatic carbocycles. The van der Waals surface area contributed by atoms with E-state index in [-0.39, 0.29) is 12.4 Å². The smallest absolute Gasteiger partial charge is 0.255 e. The number of nitrogens with one attached hydrogen (secondary N) is 1. The van der Waals surface area contributed by atoms with Crippen LogP contribution in [0.3, 0.4) is 0 Å². The number of hydrogen-bond acceptors (Lipinski definition) is 5. The molecular weight excluding hydrogens is 379 g/mol. The fourth-order valence-corrected chi connectivity index (χ4v) is 2.77. The molecule has 0 saturated heterocycles. The van der Waals surface area contributed by atoms with Gasteiger partial charge in [-0.25, -0.2) is 0 Å². The molecule has 6 nitrogen and oxygen atoms in total. The summed E-state index contributed by atoms with van der Waals surface area (Å²) < 4.78 is 16.0. The summed E-state index contributed by atoms with van der Waals surface area (Å²) in [6, 6.07) is 7.16. The number of nitrogens with two attached hydrogens (primary N) is 1. The highest BCUT2D eigenvalue weighted by molar-refractivity contribution is 6.32. The number of aryl methyl sites for hydroxylation is 1. The van der Waals surface area contributed by atoms with E-state index >= 15 is 0 Å². The maximum atomic E-state index is 10.9. The molecule has 0 heterocycles. The van der Waals surface area contributed by atoms with Gasteiger partial charge in [0.1, 0.15) is 5.75 Å². The minimum Gasteiger partial charge on any atom is -0.495 e. The third kappa shape index (κ3) is 4.86. The molecule has 0 radical (unpaired) electrons. The summed E-state index contributed by atoms with van der Waals surface area (Å²) in [5, 5.41) is 4.24. The van der Waals surface area contributed by atoms with Gasteiger partial charge in [0.2, 0.25) is 0 Å². The van der Waals surface area contributed by atoms with Crippen molar-refractivity contribution in [3.05, 3.63) is 45.4 Å². The summed E-state index contributed by atoms with van der Waals surface area (Å²) in [6.07, 6.45) is 0. The van der Waals surface area contributed by atoms with Gasteiger partial charge in [0, 0.05) is 17.6 Å². The van der Waals surface area contributed by atoms with Crippen LogP contribution in [-0.2, 0) is 11.3 Å². The van der Waals surface area contributed by atoms with E-state index in [0.29, 0.717) is 28.1 Å². The summed E-state index contributed by atoms with van der Waals surface area (Å²) >= 11 is 12.4. The minimum absolute atomic E-state index is 0.275. The topological polar surface area (TPSA) is 82.8 Å². The van der Waals surface area contributed by atoms with Crippen molar-refractivity contribution in [2.45, 2.75) is 13.5 Å². The second kappa shape index (κ2) is 8.87. The zero-order chi connectivity index (χ0) is 19.3. The molecule has 2 aromatic rings. The molecule has 140 valence electrons. The molecule has 2 rings (SSSR count). The van der Waals surface area contributed by atoms with Gasteiger partial charge in [-0.05, 0) is 36.2 Å². The highest BCUT2D eigenvalue weighted by atomic mass is 35.5. The lowest BCUT2D eigenvalue weighted by molar-refractivity contribution is -0.119. The molecule has 0 aliphatic rings. The summed E-state index contributed by atoms with van der Waals surface area (Å²) in [4.78, 5) is 10.9. The van der Waals surface area contributed by atoms with E-state index in [4.69, 9.17) is 43.1 Å². The lowest BCUT2D eigenvalue weighted by Gasteiger charge is -2.16. The van der Waals surface area contributed by atoms with Crippen LogP contribution >= 0.6 is 23.2 Å². The standard InChI is InChI=1S/C18H20Cl2N2O4/c1-10-4-14(15(24-2)7-12(10)19)22-8-11-5-13(20)18(16(6-11)25-3)26-9-17(21)23/h4-7,22H,8-9H2,1-3H3,(H2,21,23). The van der Waals surface area contributed by atoms with E-state index in [0.717, 1.165) is 16.8 Å². The second-order valence-electron chi connectivity index (χ2n) is 5.52. The monoisotopic (exact) mass is 398 g/mol. The molecule has 3 N–H and O–H groups in total. The molecule has 0 bridgehead atoms. The Morgan fingerprint density at radius 2 is 1.77 bits per heavy atom. The third-order valence-corrected chi connectivity index (χ3v) is 4.30. The predicted octanol–water partition coefficient (Wildman–Crippen LogP) is 3.80. The first kappa shape index (κ1) is 20.0. The Labute approximate surface area is 162 Å². The Morgan fingerprint density at radius 3 is 2.38 bits per heavy atom. The van der Waals surface area contributed by atoms with Crippen molar-refractivity contribution in [2.24, 2.45) is 5.73 Å². The summed E-state index contributed by atoms with van der Waals surface area (Å²) in [7, 11) is 3.07. The quantitative estimate of drug-likeness (QED) is 0.706. The number of carbonyl (C=O) groups excluding carboxylic acids is 1. The van der Waals surface area contributed by atoms with E-state index in [1.807, 2.05) is 13.0 Å².